The fourth-order valence-electron chi connectivity index (χ4n) is 2.87. The minimum Gasteiger partial charge on any atom is -0.341 e. The summed E-state index contributed by atoms with van der Waals surface area (Å²) in [5.74, 6) is 0.502. The highest BCUT2D eigenvalue weighted by molar-refractivity contribution is 6.31. The van der Waals surface area contributed by atoms with E-state index in [0.29, 0.717) is 24.7 Å². The van der Waals surface area contributed by atoms with Crippen LogP contribution in [0.4, 0.5) is 10.5 Å². The minimum atomic E-state index is -0.129. The molecule has 5 nitrogen and oxygen atoms in total. The highest BCUT2D eigenvalue weighted by atomic mass is 35.5. The molecule has 1 saturated heterocycles. The Morgan fingerprint density at radius 2 is 1.83 bits per heavy atom. The molecular formula is C17H22ClN3O2. The first-order valence-corrected chi connectivity index (χ1v) is 8.54. The monoisotopic (exact) mass is 335 g/mol. The number of rotatable bonds is 2. The van der Waals surface area contributed by atoms with Gasteiger partial charge in [-0.3, -0.25) is 4.79 Å². The van der Waals surface area contributed by atoms with Crippen molar-refractivity contribution in [3.63, 3.8) is 0 Å². The number of halogens is 1. The molecule has 1 aromatic rings. The van der Waals surface area contributed by atoms with Gasteiger partial charge in [0.2, 0.25) is 5.91 Å². The van der Waals surface area contributed by atoms with Gasteiger partial charge in [0, 0.05) is 42.8 Å². The maximum atomic E-state index is 12.5. The van der Waals surface area contributed by atoms with E-state index in [1.165, 1.54) is 0 Å². The molecule has 0 radical (unpaired) electrons. The van der Waals surface area contributed by atoms with Crippen LogP contribution in [0.3, 0.4) is 0 Å². The average Bonchev–Trinajstić information content (AvgIpc) is 3.37. The van der Waals surface area contributed by atoms with Gasteiger partial charge in [0.15, 0.2) is 0 Å². The van der Waals surface area contributed by atoms with Crippen LogP contribution in [0, 0.1) is 12.8 Å². The van der Waals surface area contributed by atoms with E-state index in [1.54, 1.807) is 11.0 Å². The standard InChI is InChI=1S/C17H22ClN3O2/c1-12-14(18)4-2-5-15(12)19-17(23)21-9-3-8-20(10-11-21)16(22)13-6-7-13/h2,4-5,13H,3,6-11H2,1H3,(H,19,23). The third-order valence-corrected chi connectivity index (χ3v) is 4.94. The van der Waals surface area contributed by atoms with Gasteiger partial charge in [0.05, 0.1) is 0 Å². The number of hydrogen-bond donors (Lipinski definition) is 1. The zero-order chi connectivity index (χ0) is 16.4. The fourth-order valence-corrected chi connectivity index (χ4v) is 3.04. The lowest BCUT2D eigenvalue weighted by Crippen LogP contribution is -2.39. The lowest BCUT2D eigenvalue weighted by Gasteiger charge is -2.23. The molecule has 1 aliphatic heterocycles. The Bertz CT molecular complexity index is 616. The maximum absolute atomic E-state index is 12.5. The summed E-state index contributed by atoms with van der Waals surface area (Å²) in [5, 5.41) is 3.57. The van der Waals surface area contributed by atoms with Gasteiger partial charge in [-0.2, -0.15) is 0 Å². The zero-order valence-electron chi connectivity index (χ0n) is 13.3. The number of urea groups is 1. The summed E-state index contributed by atoms with van der Waals surface area (Å²) >= 11 is 6.09. The molecule has 0 spiro atoms. The number of nitrogens with zero attached hydrogens (tertiary/aromatic N) is 2. The largest absolute Gasteiger partial charge is 0.341 e. The van der Waals surface area contributed by atoms with E-state index in [4.69, 9.17) is 11.6 Å². The van der Waals surface area contributed by atoms with E-state index in [9.17, 15) is 9.59 Å². The van der Waals surface area contributed by atoms with E-state index in [-0.39, 0.29) is 17.9 Å². The van der Waals surface area contributed by atoms with Crippen molar-refractivity contribution in [3.8, 4) is 0 Å². The molecule has 0 bridgehead atoms. The van der Waals surface area contributed by atoms with Crippen molar-refractivity contribution in [1.29, 1.82) is 0 Å². The predicted molar refractivity (Wildman–Crippen MR) is 90.7 cm³/mol. The number of carbonyl (C=O) groups excluding carboxylic acids is 2. The minimum absolute atomic E-state index is 0.129. The van der Waals surface area contributed by atoms with Crippen LogP contribution in [-0.2, 0) is 4.79 Å². The summed E-state index contributed by atoms with van der Waals surface area (Å²) in [6, 6.07) is 5.35. The number of nitrogens with one attached hydrogen (secondary N) is 1. The van der Waals surface area contributed by atoms with Crippen molar-refractivity contribution < 1.29 is 9.59 Å². The van der Waals surface area contributed by atoms with Crippen molar-refractivity contribution in [2.75, 3.05) is 31.5 Å². The number of amides is 3. The Morgan fingerprint density at radius 3 is 2.57 bits per heavy atom. The first-order valence-electron chi connectivity index (χ1n) is 8.16. The van der Waals surface area contributed by atoms with Crippen LogP contribution in [0.1, 0.15) is 24.8 Å². The second-order valence-corrected chi connectivity index (χ2v) is 6.69. The summed E-state index contributed by atoms with van der Waals surface area (Å²) in [6.07, 6.45) is 2.86. The van der Waals surface area contributed by atoms with Gasteiger partial charge >= 0.3 is 6.03 Å². The molecule has 2 fully saturated rings. The van der Waals surface area contributed by atoms with Crippen LogP contribution in [-0.4, -0.2) is 47.9 Å². The van der Waals surface area contributed by atoms with E-state index >= 15 is 0 Å². The Balaban J connectivity index is 1.59. The molecule has 23 heavy (non-hydrogen) atoms. The first kappa shape index (κ1) is 16.1. The van der Waals surface area contributed by atoms with E-state index in [1.807, 2.05) is 24.0 Å². The van der Waals surface area contributed by atoms with Crippen LogP contribution in [0.25, 0.3) is 0 Å². The van der Waals surface area contributed by atoms with E-state index in [0.717, 1.165) is 37.1 Å². The molecule has 1 aliphatic carbocycles. The SMILES string of the molecule is Cc1c(Cl)cccc1NC(=O)N1CCCN(C(=O)C2CC2)CC1. The Hall–Kier alpha value is -1.75. The Morgan fingerprint density at radius 1 is 1.13 bits per heavy atom. The molecule has 1 N–H and O–H groups in total. The summed E-state index contributed by atoms with van der Waals surface area (Å²) in [5.41, 5.74) is 1.60. The van der Waals surface area contributed by atoms with Crippen molar-refractivity contribution in [2.24, 2.45) is 5.92 Å². The third-order valence-electron chi connectivity index (χ3n) is 4.53. The maximum Gasteiger partial charge on any atom is 0.321 e. The molecule has 1 aromatic carbocycles. The third kappa shape index (κ3) is 3.78. The van der Waals surface area contributed by atoms with Crippen molar-refractivity contribution >= 4 is 29.2 Å². The van der Waals surface area contributed by atoms with Crippen molar-refractivity contribution in [1.82, 2.24) is 9.80 Å². The molecule has 3 amide bonds. The summed E-state index contributed by atoms with van der Waals surface area (Å²) in [7, 11) is 0. The molecular weight excluding hydrogens is 314 g/mol. The summed E-state index contributed by atoms with van der Waals surface area (Å²) < 4.78 is 0. The number of carbonyl (C=O) groups is 2. The molecule has 1 saturated carbocycles. The topological polar surface area (TPSA) is 52.7 Å². The molecule has 1 heterocycles. The van der Waals surface area contributed by atoms with Crippen LogP contribution in [0.2, 0.25) is 5.02 Å². The smallest absolute Gasteiger partial charge is 0.321 e. The van der Waals surface area contributed by atoms with E-state index in [2.05, 4.69) is 5.32 Å². The first-order chi connectivity index (χ1) is 11.1. The Kier molecular flexibility index (Phi) is 4.76. The molecule has 2 aliphatic rings. The van der Waals surface area contributed by atoms with Gasteiger partial charge in [-0.15, -0.1) is 0 Å². The summed E-state index contributed by atoms with van der Waals surface area (Å²) in [4.78, 5) is 28.3. The van der Waals surface area contributed by atoms with Crippen LogP contribution in [0.5, 0.6) is 0 Å². The molecule has 0 aromatic heterocycles. The number of benzene rings is 1. The molecule has 0 atom stereocenters. The lowest BCUT2D eigenvalue weighted by atomic mass is 10.2. The van der Waals surface area contributed by atoms with Gasteiger partial charge in [-0.25, -0.2) is 4.79 Å². The van der Waals surface area contributed by atoms with Gasteiger partial charge in [-0.1, -0.05) is 17.7 Å². The van der Waals surface area contributed by atoms with Crippen LogP contribution >= 0.6 is 11.6 Å². The molecule has 0 unspecified atom stereocenters. The highest BCUT2D eigenvalue weighted by Gasteiger charge is 2.34. The second-order valence-electron chi connectivity index (χ2n) is 6.28. The lowest BCUT2D eigenvalue weighted by molar-refractivity contribution is -0.132. The van der Waals surface area contributed by atoms with Crippen molar-refractivity contribution in [3.05, 3.63) is 28.8 Å². The fraction of sp³-hybridized carbons (Fsp3) is 0.529. The van der Waals surface area contributed by atoms with Gasteiger partial charge in [-0.05, 0) is 43.9 Å². The van der Waals surface area contributed by atoms with Crippen molar-refractivity contribution in [2.45, 2.75) is 26.2 Å². The average molecular weight is 336 g/mol. The summed E-state index contributed by atoms with van der Waals surface area (Å²) in [6.45, 7) is 4.49. The molecule has 124 valence electrons. The second kappa shape index (κ2) is 6.79. The number of hydrogen-bond acceptors (Lipinski definition) is 2. The quantitative estimate of drug-likeness (QED) is 0.902. The zero-order valence-corrected chi connectivity index (χ0v) is 14.1. The van der Waals surface area contributed by atoms with Crippen LogP contribution in [0.15, 0.2) is 18.2 Å². The number of anilines is 1. The van der Waals surface area contributed by atoms with Gasteiger partial charge in [0.1, 0.15) is 0 Å². The molecule has 3 rings (SSSR count). The van der Waals surface area contributed by atoms with Crippen LogP contribution < -0.4 is 5.32 Å². The molecule has 6 heteroatoms. The predicted octanol–water partition coefficient (Wildman–Crippen LogP) is 3.12. The van der Waals surface area contributed by atoms with E-state index < -0.39 is 0 Å². The highest BCUT2D eigenvalue weighted by Crippen LogP contribution is 2.31. The van der Waals surface area contributed by atoms with Gasteiger partial charge in [0.25, 0.3) is 0 Å². The Labute approximate surface area is 141 Å². The van der Waals surface area contributed by atoms with Gasteiger partial charge < -0.3 is 15.1 Å². The normalized spacial score (nSPS) is 18.5.